The molecule has 0 aliphatic rings. The summed E-state index contributed by atoms with van der Waals surface area (Å²) in [5.74, 6) is 0.316. The molecule has 1 N–H and O–H groups in total. The van der Waals surface area contributed by atoms with Crippen molar-refractivity contribution in [2.24, 2.45) is 0 Å². The number of anilines is 1. The largest absolute Gasteiger partial charge is 0.357 e. The van der Waals surface area contributed by atoms with E-state index in [1.165, 1.54) is 10.9 Å². The quantitative estimate of drug-likeness (QED) is 0.940. The van der Waals surface area contributed by atoms with Gasteiger partial charge in [0.1, 0.15) is 6.33 Å². The number of nitrogens with one attached hydrogen (secondary N) is 1. The van der Waals surface area contributed by atoms with Crippen LogP contribution in [0.4, 0.5) is 5.95 Å². The van der Waals surface area contributed by atoms with Gasteiger partial charge in [0.25, 0.3) is 0 Å². The lowest BCUT2D eigenvalue weighted by molar-refractivity contribution is 0.837. The van der Waals surface area contributed by atoms with Gasteiger partial charge in [0.05, 0.1) is 5.69 Å². The number of hydrogen-bond acceptors (Lipinski definition) is 4. The Kier molecular flexibility index (Phi) is 4.39. The molecule has 1 aromatic heterocycles. The zero-order chi connectivity index (χ0) is 14.7. The van der Waals surface area contributed by atoms with E-state index in [9.17, 15) is 4.79 Å². The van der Waals surface area contributed by atoms with Crippen LogP contribution in [0, 0.1) is 0 Å². The van der Waals surface area contributed by atoms with Gasteiger partial charge in [-0.3, -0.25) is 4.57 Å². The van der Waals surface area contributed by atoms with E-state index in [4.69, 9.17) is 11.6 Å². The number of benzene rings is 1. The minimum Gasteiger partial charge on any atom is -0.357 e. The van der Waals surface area contributed by atoms with Crippen LogP contribution >= 0.6 is 11.6 Å². The number of aryl methyl sites for hydroxylation is 2. The Labute approximate surface area is 122 Å². The molecule has 106 valence electrons. The molecule has 20 heavy (non-hydrogen) atoms. The fourth-order valence-electron chi connectivity index (χ4n) is 2.17. The normalized spacial score (nSPS) is 10.6. The summed E-state index contributed by atoms with van der Waals surface area (Å²) in [6.07, 6.45) is 3.06. The standard InChI is InChI=1S/C14H17ClN4O/c1-4-9-6-11(15)7-10(5-2)12(9)19-8-17-13(16-3)18-14(19)20/h6-8H,4-5H2,1-3H3,(H,16,18,20). The lowest BCUT2D eigenvalue weighted by Crippen LogP contribution is -2.25. The van der Waals surface area contributed by atoms with Crippen LogP contribution in [0.15, 0.2) is 23.3 Å². The van der Waals surface area contributed by atoms with E-state index in [2.05, 4.69) is 15.3 Å². The number of nitrogens with zero attached hydrogens (tertiary/aromatic N) is 3. The molecule has 0 aliphatic heterocycles. The highest BCUT2D eigenvalue weighted by atomic mass is 35.5. The summed E-state index contributed by atoms with van der Waals surface area (Å²) >= 11 is 6.13. The molecule has 0 saturated carbocycles. The predicted molar refractivity (Wildman–Crippen MR) is 80.9 cm³/mol. The molecule has 1 heterocycles. The molecule has 0 radical (unpaired) electrons. The fourth-order valence-corrected chi connectivity index (χ4v) is 2.44. The molecule has 0 saturated heterocycles. The first-order chi connectivity index (χ1) is 9.60. The van der Waals surface area contributed by atoms with Gasteiger partial charge in [-0.2, -0.15) is 4.98 Å². The Morgan fingerprint density at radius 3 is 2.30 bits per heavy atom. The van der Waals surface area contributed by atoms with Gasteiger partial charge in [-0.15, -0.1) is 0 Å². The maximum absolute atomic E-state index is 12.2. The Balaban J connectivity index is 2.71. The van der Waals surface area contributed by atoms with E-state index < -0.39 is 0 Å². The molecular weight excluding hydrogens is 276 g/mol. The Morgan fingerprint density at radius 1 is 1.25 bits per heavy atom. The Morgan fingerprint density at radius 2 is 1.85 bits per heavy atom. The predicted octanol–water partition coefficient (Wildman–Crippen LogP) is 2.45. The van der Waals surface area contributed by atoms with Crippen LogP contribution in [-0.2, 0) is 12.8 Å². The highest BCUT2D eigenvalue weighted by Crippen LogP contribution is 2.24. The molecule has 0 spiro atoms. The minimum absolute atomic E-state index is 0.316. The van der Waals surface area contributed by atoms with Crippen molar-refractivity contribution >= 4 is 17.5 Å². The topological polar surface area (TPSA) is 59.8 Å². The summed E-state index contributed by atoms with van der Waals surface area (Å²) in [6.45, 7) is 4.06. The molecule has 1 aromatic carbocycles. The number of rotatable bonds is 4. The summed E-state index contributed by atoms with van der Waals surface area (Å²) in [6, 6.07) is 3.77. The second kappa shape index (κ2) is 6.05. The summed E-state index contributed by atoms with van der Waals surface area (Å²) in [4.78, 5) is 20.2. The molecule has 0 bridgehead atoms. The van der Waals surface area contributed by atoms with Crippen molar-refractivity contribution in [3.8, 4) is 5.69 Å². The lowest BCUT2D eigenvalue weighted by Gasteiger charge is -2.15. The zero-order valence-corrected chi connectivity index (χ0v) is 12.5. The molecular formula is C14H17ClN4O. The van der Waals surface area contributed by atoms with E-state index in [0.717, 1.165) is 29.7 Å². The summed E-state index contributed by atoms with van der Waals surface area (Å²) in [5.41, 5.74) is 2.51. The molecule has 0 unspecified atom stereocenters. The number of halogens is 1. The van der Waals surface area contributed by atoms with Crippen LogP contribution in [0.25, 0.3) is 5.69 Å². The van der Waals surface area contributed by atoms with Crippen molar-refractivity contribution < 1.29 is 0 Å². The lowest BCUT2D eigenvalue weighted by atomic mass is 10.0. The molecule has 0 amide bonds. The second-order valence-corrected chi connectivity index (χ2v) is 4.80. The highest BCUT2D eigenvalue weighted by Gasteiger charge is 2.13. The maximum Gasteiger partial charge on any atom is 0.356 e. The van der Waals surface area contributed by atoms with Gasteiger partial charge in [0, 0.05) is 12.1 Å². The van der Waals surface area contributed by atoms with Crippen LogP contribution in [0.3, 0.4) is 0 Å². The third-order valence-corrected chi connectivity index (χ3v) is 3.38. The third-order valence-electron chi connectivity index (χ3n) is 3.16. The average molecular weight is 293 g/mol. The van der Waals surface area contributed by atoms with Gasteiger partial charge >= 0.3 is 5.69 Å². The van der Waals surface area contributed by atoms with Crippen LogP contribution < -0.4 is 11.0 Å². The summed E-state index contributed by atoms with van der Waals surface area (Å²) in [7, 11) is 1.68. The first-order valence-corrected chi connectivity index (χ1v) is 6.93. The van der Waals surface area contributed by atoms with E-state index in [-0.39, 0.29) is 5.69 Å². The number of hydrogen-bond donors (Lipinski definition) is 1. The Bertz CT molecular complexity index is 656. The van der Waals surface area contributed by atoms with Crippen molar-refractivity contribution in [3.05, 3.63) is 45.1 Å². The first-order valence-electron chi connectivity index (χ1n) is 6.55. The van der Waals surface area contributed by atoms with Gasteiger partial charge < -0.3 is 5.32 Å². The third kappa shape index (κ3) is 2.67. The van der Waals surface area contributed by atoms with Crippen molar-refractivity contribution in [2.45, 2.75) is 26.7 Å². The molecule has 6 heteroatoms. The SMILES string of the molecule is CCc1cc(Cl)cc(CC)c1-n1cnc(NC)nc1=O. The van der Waals surface area contributed by atoms with Crippen molar-refractivity contribution in [1.82, 2.24) is 14.5 Å². The van der Waals surface area contributed by atoms with Crippen molar-refractivity contribution in [2.75, 3.05) is 12.4 Å². The molecule has 2 aromatic rings. The van der Waals surface area contributed by atoms with Crippen molar-refractivity contribution in [1.29, 1.82) is 0 Å². The monoisotopic (exact) mass is 292 g/mol. The molecule has 2 rings (SSSR count). The van der Waals surface area contributed by atoms with Crippen LogP contribution in [0.5, 0.6) is 0 Å². The zero-order valence-electron chi connectivity index (χ0n) is 11.8. The summed E-state index contributed by atoms with van der Waals surface area (Å²) in [5, 5.41) is 3.44. The van der Waals surface area contributed by atoms with Gasteiger partial charge in [-0.05, 0) is 36.1 Å². The highest BCUT2D eigenvalue weighted by molar-refractivity contribution is 6.30. The van der Waals surface area contributed by atoms with Gasteiger partial charge in [0.15, 0.2) is 0 Å². The van der Waals surface area contributed by atoms with E-state index >= 15 is 0 Å². The molecule has 0 aliphatic carbocycles. The smallest absolute Gasteiger partial charge is 0.356 e. The second-order valence-electron chi connectivity index (χ2n) is 4.36. The Hall–Kier alpha value is -1.88. The van der Waals surface area contributed by atoms with Crippen LogP contribution in [0.1, 0.15) is 25.0 Å². The van der Waals surface area contributed by atoms with Gasteiger partial charge in [-0.25, -0.2) is 9.78 Å². The number of aromatic nitrogens is 3. The molecule has 0 fully saturated rings. The van der Waals surface area contributed by atoms with Crippen LogP contribution in [0.2, 0.25) is 5.02 Å². The van der Waals surface area contributed by atoms with Gasteiger partial charge in [-0.1, -0.05) is 25.4 Å². The van der Waals surface area contributed by atoms with Crippen molar-refractivity contribution in [3.63, 3.8) is 0 Å². The average Bonchev–Trinajstić information content (AvgIpc) is 2.46. The minimum atomic E-state index is -0.351. The van der Waals surface area contributed by atoms with Gasteiger partial charge in [0.2, 0.25) is 5.95 Å². The summed E-state index contributed by atoms with van der Waals surface area (Å²) < 4.78 is 1.48. The fraction of sp³-hybridized carbons (Fsp3) is 0.357. The van der Waals surface area contributed by atoms with Crippen LogP contribution in [-0.4, -0.2) is 21.6 Å². The van der Waals surface area contributed by atoms with E-state index in [0.29, 0.717) is 11.0 Å². The van der Waals surface area contributed by atoms with E-state index in [1.54, 1.807) is 7.05 Å². The first kappa shape index (κ1) is 14.5. The van der Waals surface area contributed by atoms with E-state index in [1.807, 2.05) is 26.0 Å². The molecule has 5 nitrogen and oxygen atoms in total. The maximum atomic E-state index is 12.2. The molecule has 0 atom stereocenters.